The Balaban J connectivity index is 2.01. The number of aromatic nitrogens is 1. The third kappa shape index (κ3) is 3.45. The maximum absolute atomic E-state index is 11.8. The Morgan fingerprint density at radius 2 is 1.83 bits per heavy atom. The third-order valence-electron chi connectivity index (χ3n) is 2.32. The van der Waals surface area contributed by atoms with Gasteiger partial charge in [-0.2, -0.15) is 0 Å². The number of halogens is 2. The van der Waals surface area contributed by atoms with Crippen LogP contribution in [0.5, 0.6) is 0 Å². The maximum atomic E-state index is 11.8. The van der Waals surface area contributed by atoms with Gasteiger partial charge in [0.15, 0.2) is 0 Å². The molecule has 2 rings (SSSR count). The Labute approximate surface area is 115 Å². The fourth-order valence-corrected chi connectivity index (χ4v) is 1.76. The van der Waals surface area contributed by atoms with Gasteiger partial charge in [-0.3, -0.25) is 9.78 Å². The molecule has 0 aliphatic rings. The number of carbonyl (C=O) groups is 1. The number of carbonyl (C=O) groups excluding carboxylic acids is 1. The van der Waals surface area contributed by atoms with Crippen LogP contribution in [0, 0.1) is 0 Å². The molecule has 0 spiro atoms. The molecule has 18 heavy (non-hydrogen) atoms. The van der Waals surface area contributed by atoms with Gasteiger partial charge >= 0.3 is 0 Å². The molecule has 0 saturated heterocycles. The molecule has 92 valence electrons. The SMILES string of the molecule is O=C(Cc1ccncc1)Nc1ccc(Cl)c(Cl)c1. The fourth-order valence-electron chi connectivity index (χ4n) is 1.47. The van der Waals surface area contributed by atoms with Crippen molar-refractivity contribution in [3.63, 3.8) is 0 Å². The Morgan fingerprint density at radius 3 is 2.50 bits per heavy atom. The predicted octanol–water partition coefficient (Wildman–Crippen LogP) is 3.57. The molecule has 0 atom stereocenters. The topological polar surface area (TPSA) is 42.0 Å². The first-order chi connectivity index (χ1) is 8.65. The van der Waals surface area contributed by atoms with Crippen molar-refractivity contribution in [1.29, 1.82) is 0 Å². The number of hydrogen-bond donors (Lipinski definition) is 1. The second-order valence-corrected chi connectivity index (χ2v) is 4.52. The molecule has 3 nitrogen and oxygen atoms in total. The summed E-state index contributed by atoms with van der Waals surface area (Å²) >= 11 is 11.7. The summed E-state index contributed by atoms with van der Waals surface area (Å²) in [6.07, 6.45) is 3.60. The summed E-state index contributed by atoms with van der Waals surface area (Å²) in [7, 11) is 0. The van der Waals surface area contributed by atoms with Crippen LogP contribution in [0.1, 0.15) is 5.56 Å². The molecule has 1 aromatic carbocycles. The van der Waals surface area contributed by atoms with Crippen LogP contribution in [0.3, 0.4) is 0 Å². The van der Waals surface area contributed by atoms with Crippen molar-refractivity contribution in [1.82, 2.24) is 4.98 Å². The van der Waals surface area contributed by atoms with Gasteiger partial charge in [0.05, 0.1) is 16.5 Å². The fraction of sp³-hybridized carbons (Fsp3) is 0.0769. The molecule has 0 bridgehead atoms. The van der Waals surface area contributed by atoms with Gasteiger partial charge in [0.1, 0.15) is 0 Å². The molecule has 1 amide bonds. The molecule has 5 heteroatoms. The van der Waals surface area contributed by atoms with Crippen LogP contribution < -0.4 is 5.32 Å². The zero-order valence-electron chi connectivity index (χ0n) is 9.36. The van der Waals surface area contributed by atoms with Crippen molar-refractivity contribution >= 4 is 34.8 Å². The summed E-state index contributed by atoms with van der Waals surface area (Å²) in [6, 6.07) is 8.57. The number of amides is 1. The van der Waals surface area contributed by atoms with Gasteiger partial charge in [0.2, 0.25) is 5.91 Å². The van der Waals surface area contributed by atoms with E-state index >= 15 is 0 Å². The molecular weight excluding hydrogens is 271 g/mol. The smallest absolute Gasteiger partial charge is 0.228 e. The molecule has 0 aliphatic heterocycles. The highest BCUT2D eigenvalue weighted by atomic mass is 35.5. The lowest BCUT2D eigenvalue weighted by atomic mass is 10.2. The Bertz CT molecular complexity index is 558. The highest BCUT2D eigenvalue weighted by Crippen LogP contribution is 2.25. The summed E-state index contributed by atoms with van der Waals surface area (Å²) in [5.74, 6) is -0.111. The average molecular weight is 281 g/mol. The number of benzene rings is 1. The van der Waals surface area contributed by atoms with E-state index in [2.05, 4.69) is 10.3 Å². The Hall–Kier alpha value is -1.58. The molecule has 1 N–H and O–H groups in total. The van der Waals surface area contributed by atoms with Crippen molar-refractivity contribution in [2.45, 2.75) is 6.42 Å². The van der Waals surface area contributed by atoms with E-state index in [1.54, 1.807) is 42.7 Å². The number of nitrogens with zero attached hydrogens (tertiary/aromatic N) is 1. The molecule has 0 fully saturated rings. The van der Waals surface area contributed by atoms with E-state index in [4.69, 9.17) is 23.2 Å². The van der Waals surface area contributed by atoms with Crippen molar-refractivity contribution in [2.75, 3.05) is 5.32 Å². The van der Waals surface area contributed by atoms with Crippen molar-refractivity contribution in [3.8, 4) is 0 Å². The van der Waals surface area contributed by atoms with E-state index < -0.39 is 0 Å². The molecule has 1 heterocycles. The van der Waals surface area contributed by atoms with Gasteiger partial charge in [-0.05, 0) is 35.9 Å². The summed E-state index contributed by atoms with van der Waals surface area (Å²) in [5.41, 5.74) is 1.53. The van der Waals surface area contributed by atoms with Gasteiger partial charge in [0.25, 0.3) is 0 Å². The second-order valence-electron chi connectivity index (χ2n) is 3.71. The van der Waals surface area contributed by atoms with Crippen LogP contribution in [0.25, 0.3) is 0 Å². The first-order valence-electron chi connectivity index (χ1n) is 5.29. The molecular formula is C13H10Cl2N2O. The molecule has 1 aromatic heterocycles. The monoisotopic (exact) mass is 280 g/mol. The van der Waals surface area contributed by atoms with E-state index in [9.17, 15) is 4.79 Å². The van der Waals surface area contributed by atoms with Gasteiger partial charge in [-0.25, -0.2) is 0 Å². The Kier molecular flexibility index (Phi) is 4.18. The lowest BCUT2D eigenvalue weighted by molar-refractivity contribution is -0.115. The van der Waals surface area contributed by atoms with Crippen LogP contribution in [-0.4, -0.2) is 10.9 Å². The van der Waals surface area contributed by atoms with E-state index in [0.29, 0.717) is 22.2 Å². The zero-order chi connectivity index (χ0) is 13.0. The van der Waals surface area contributed by atoms with Crippen molar-refractivity contribution in [2.24, 2.45) is 0 Å². The van der Waals surface area contributed by atoms with Gasteiger partial charge < -0.3 is 5.32 Å². The summed E-state index contributed by atoms with van der Waals surface area (Å²) in [5, 5.41) is 3.63. The lowest BCUT2D eigenvalue weighted by Gasteiger charge is -2.06. The zero-order valence-corrected chi connectivity index (χ0v) is 10.9. The largest absolute Gasteiger partial charge is 0.326 e. The van der Waals surface area contributed by atoms with Crippen LogP contribution >= 0.6 is 23.2 Å². The highest BCUT2D eigenvalue weighted by molar-refractivity contribution is 6.42. The number of nitrogens with one attached hydrogen (secondary N) is 1. The normalized spacial score (nSPS) is 10.1. The van der Waals surface area contributed by atoms with Crippen LogP contribution in [0.15, 0.2) is 42.7 Å². The minimum Gasteiger partial charge on any atom is -0.326 e. The molecule has 2 aromatic rings. The number of hydrogen-bond acceptors (Lipinski definition) is 2. The van der Waals surface area contributed by atoms with Gasteiger partial charge in [0, 0.05) is 18.1 Å². The average Bonchev–Trinajstić information content (AvgIpc) is 2.35. The Morgan fingerprint density at radius 1 is 1.11 bits per heavy atom. The summed E-state index contributed by atoms with van der Waals surface area (Å²) in [6.45, 7) is 0. The molecule has 0 saturated carbocycles. The van der Waals surface area contributed by atoms with Crippen molar-refractivity contribution in [3.05, 3.63) is 58.3 Å². The minimum atomic E-state index is -0.111. The van der Waals surface area contributed by atoms with E-state index in [1.807, 2.05) is 0 Å². The molecule has 0 radical (unpaired) electrons. The van der Waals surface area contributed by atoms with Crippen LogP contribution in [0.2, 0.25) is 10.0 Å². The summed E-state index contributed by atoms with van der Waals surface area (Å²) < 4.78 is 0. The van der Waals surface area contributed by atoms with E-state index in [0.717, 1.165) is 5.56 Å². The van der Waals surface area contributed by atoms with Gasteiger partial charge in [-0.1, -0.05) is 23.2 Å². The number of rotatable bonds is 3. The molecule has 0 aliphatic carbocycles. The first kappa shape index (κ1) is 12.9. The van der Waals surface area contributed by atoms with E-state index in [-0.39, 0.29) is 5.91 Å². The summed E-state index contributed by atoms with van der Waals surface area (Å²) in [4.78, 5) is 15.7. The van der Waals surface area contributed by atoms with E-state index in [1.165, 1.54) is 0 Å². The first-order valence-corrected chi connectivity index (χ1v) is 6.04. The maximum Gasteiger partial charge on any atom is 0.228 e. The third-order valence-corrected chi connectivity index (χ3v) is 3.06. The van der Waals surface area contributed by atoms with Gasteiger partial charge in [-0.15, -0.1) is 0 Å². The lowest BCUT2D eigenvalue weighted by Crippen LogP contribution is -2.14. The van der Waals surface area contributed by atoms with Crippen molar-refractivity contribution < 1.29 is 4.79 Å². The standard InChI is InChI=1S/C13H10Cl2N2O/c14-11-2-1-10(8-12(11)15)17-13(18)7-9-3-5-16-6-4-9/h1-6,8H,7H2,(H,17,18). The number of pyridine rings is 1. The van der Waals surface area contributed by atoms with Crippen LogP contribution in [0.4, 0.5) is 5.69 Å². The molecule has 0 unspecified atom stereocenters. The highest BCUT2D eigenvalue weighted by Gasteiger charge is 2.05. The minimum absolute atomic E-state index is 0.111. The quantitative estimate of drug-likeness (QED) is 0.934. The second kappa shape index (κ2) is 5.85. The predicted molar refractivity (Wildman–Crippen MR) is 73.0 cm³/mol. The number of anilines is 1. The van der Waals surface area contributed by atoms with Crippen LogP contribution in [-0.2, 0) is 11.2 Å².